The highest BCUT2D eigenvalue weighted by molar-refractivity contribution is 5.91. The van der Waals surface area contributed by atoms with E-state index in [0.29, 0.717) is 12.8 Å². The van der Waals surface area contributed by atoms with Crippen LogP contribution in [0.1, 0.15) is 42.1 Å². The second kappa shape index (κ2) is 11.8. The Hall–Kier alpha value is -2.31. The van der Waals surface area contributed by atoms with E-state index in [1.54, 1.807) is 0 Å². The SMILES string of the molecule is CCCCCc1c(C(=O)O)cc(O)c(O)c1O[C@H]1O[C@H](CO[C@@]2(O)OC[C@](O)(CO)[C@H]2O)[C@@H](O)[C@H](O)[C@H]1O. The van der Waals surface area contributed by atoms with Gasteiger partial charge in [0.1, 0.15) is 30.0 Å². The molecule has 0 spiro atoms. The van der Waals surface area contributed by atoms with Crippen LogP contribution in [0.4, 0.5) is 0 Å². The van der Waals surface area contributed by atoms with Crippen LogP contribution in [-0.4, -0.2) is 125 Å². The summed E-state index contributed by atoms with van der Waals surface area (Å²) in [5.74, 6) is -6.44. The molecule has 0 radical (unpaired) electrons. The summed E-state index contributed by atoms with van der Waals surface area (Å²) in [5.41, 5.74) is -2.63. The minimum absolute atomic E-state index is 0.00876. The number of hydrogen-bond acceptors (Lipinski definition) is 14. The first-order valence-corrected chi connectivity index (χ1v) is 12.0. The monoisotopic (exact) mass is 550 g/mol. The molecule has 3 rings (SSSR count). The molecule has 0 bridgehead atoms. The Labute approximate surface area is 216 Å². The van der Waals surface area contributed by atoms with Gasteiger partial charge in [0.05, 0.1) is 25.4 Å². The predicted molar refractivity (Wildman–Crippen MR) is 122 cm³/mol. The molecule has 0 aromatic heterocycles. The Morgan fingerprint density at radius 3 is 2.37 bits per heavy atom. The van der Waals surface area contributed by atoms with Gasteiger partial charge in [-0.15, -0.1) is 0 Å². The lowest BCUT2D eigenvalue weighted by molar-refractivity contribution is -0.384. The maximum Gasteiger partial charge on any atom is 0.336 e. The molecule has 1 aromatic rings. The highest BCUT2D eigenvalue weighted by Crippen LogP contribution is 2.43. The molecular formula is C23H34O15. The zero-order valence-electron chi connectivity index (χ0n) is 20.5. The van der Waals surface area contributed by atoms with E-state index < -0.39 is 91.4 Å². The van der Waals surface area contributed by atoms with E-state index in [2.05, 4.69) is 0 Å². The fourth-order valence-electron chi connectivity index (χ4n) is 4.24. The third-order valence-electron chi connectivity index (χ3n) is 6.61. The molecule has 15 nitrogen and oxygen atoms in total. The Morgan fingerprint density at radius 2 is 1.79 bits per heavy atom. The molecular weight excluding hydrogens is 516 g/mol. The van der Waals surface area contributed by atoms with E-state index in [9.17, 15) is 55.9 Å². The summed E-state index contributed by atoms with van der Waals surface area (Å²) >= 11 is 0. The van der Waals surface area contributed by atoms with Crippen LogP contribution < -0.4 is 4.74 Å². The lowest BCUT2D eigenvalue weighted by Gasteiger charge is -2.41. The van der Waals surface area contributed by atoms with Crippen LogP contribution in [0.2, 0.25) is 0 Å². The zero-order valence-corrected chi connectivity index (χ0v) is 20.5. The molecule has 1 aromatic carbocycles. The molecule has 2 aliphatic heterocycles. The second-order valence-electron chi connectivity index (χ2n) is 9.39. The molecule has 15 heteroatoms. The van der Waals surface area contributed by atoms with E-state index >= 15 is 0 Å². The van der Waals surface area contributed by atoms with Gasteiger partial charge in [0.15, 0.2) is 17.6 Å². The number of aromatic carboxylic acids is 1. The first-order chi connectivity index (χ1) is 17.8. The second-order valence-corrected chi connectivity index (χ2v) is 9.39. The number of unbranched alkanes of at least 4 members (excludes halogenated alkanes) is 2. The minimum Gasteiger partial charge on any atom is -0.504 e. The largest absolute Gasteiger partial charge is 0.504 e. The van der Waals surface area contributed by atoms with Crippen molar-refractivity contribution in [2.24, 2.45) is 0 Å². The van der Waals surface area contributed by atoms with Crippen LogP contribution in [0.15, 0.2) is 6.07 Å². The molecule has 38 heavy (non-hydrogen) atoms. The number of ether oxygens (including phenoxy) is 4. The van der Waals surface area contributed by atoms with Gasteiger partial charge in [0, 0.05) is 5.56 Å². The van der Waals surface area contributed by atoms with Crippen LogP contribution in [0, 0.1) is 0 Å². The van der Waals surface area contributed by atoms with Gasteiger partial charge in [-0.3, -0.25) is 0 Å². The number of carboxylic acids is 1. The van der Waals surface area contributed by atoms with Crippen molar-refractivity contribution in [3.63, 3.8) is 0 Å². The molecule has 10 N–H and O–H groups in total. The molecule has 2 heterocycles. The summed E-state index contributed by atoms with van der Waals surface area (Å²) in [6, 6.07) is 0.848. The smallest absolute Gasteiger partial charge is 0.336 e. The van der Waals surface area contributed by atoms with E-state index in [-0.39, 0.29) is 17.5 Å². The summed E-state index contributed by atoms with van der Waals surface area (Å²) in [6.07, 6.45) is -9.15. The Kier molecular flexibility index (Phi) is 9.41. The van der Waals surface area contributed by atoms with Gasteiger partial charge in [-0.1, -0.05) is 19.8 Å². The highest BCUT2D eigenvalue weighted by atomic mass is 16.8. The Balaban J connectivity index is 1.85. The van der Waals surface area contributed by atoms with Gasteiger partial charge in [-0.2, -0.15) is 0 Å². The molecule has 8 atom stereocenters. The normalized spacial score (nSPS) is 35.4. The van der Waals surface area contributed by atoms with E-state index in [4.69, 9.17) is 18.9 Å². The van der Waals surface area contributed by atoms with Gasteiger partial charge in [0.2, 0.25) is 12.0 Å². The van der Waals surface area contributed by atoms with Crippen molar-refractivity contribution < 1.29 is 74.8 Å². The standard InChI is InChI=1S/C23H34O15/c1-2-3-4-5-10-11(19(30)31)6-12(25)14(26)18(10)38-20-17(29)16(28)15(27)13(37-20)7-35-23(34)21(32)22(33,8-24)9-36-23/h6,13,15-17,20-21,24-29,32-34H,2-5,7-9H2,1H3,(H,30,31)/t13-,15-,16+,17-,20-,21-,22-,23-/m1/s1. The van der Waals surface area contributed by atoms with Gasteiger partial charge >= 0.3 is 11.9 Å². The average Bonchev–Trinajstić information content (AvgIpc) is 3.12. The van der Waals surface area contributed by atoms with Gasteiger partial charge in [-0.25, -0.2) is 4.79 Å². The molecule has 0 aliphatic carbocycles. The van der Waals surface area contributed by atoms with Crippen LogP contribution in [0.3, 0.4) is 0 Å². The summed E-state index contributed by atoms with van der Waals surface area (Å²) in [5, 5.41) is 101. The summed E-state index contributed by atoms with van der Waals surface area (Å²) < 4.78 is 21.0. The van der Waals surface area contributed by atoms with Crippen molar-refractivity contribution in [2.75, 3.05) is 19.8 Å². The number of aromatic hydroxyl groups is 2. The third-order valence-corrected chi connectivity index (χ3v) is 6.61. The van der Waals surface area contributed by atoms with Gasteiger partial charge < -0.3 is 70.0 Å². The van der Waals surface area contributed by atoms with Crippen molar-refractivity contribution in [1.82, 2.24) is 0 Å². The molecule has 2 aliphatic rings. The van der Waals surface area contributed by atoms with Crippen molar-refractivity contribution in [3.05, 3.63) is 17.2 Å². The van der Waals surface area contributed by atoms with Crippen LogP contribution in [0.5, 0.6) is 17.2 Å². The number of carboxylic acid groups (broad SMARTS) is 1. The first kappa shape index (κ1) is 30.2. The fraction of sp³-hybridized carbons (Fsp3) is 0.696. The van der Waals surface area contributed by atoms with Gasteiger partial charge in [-0.05, 0) is 18.9 Å². The molecule has 2 saturated heterocycles. The first-order valence-electron chi connectivity index (χ1n) is 12.0. The van der Waals surface area contributed by atoms with Crippen LogP contribution in [0.25, 0.3) is 0 Å². The van der Waals surface area contributed by atoms with Gasteiger partial charge in [0.25, 0.3) is 0 Å². The van der Waals surface area contributed by atoms with Crippen LogP contribution in [-0.2, 0) is 20.6 Å². The summed E-state index contributed by atoms with van der Waals surface area (Å²) in [4.78, 5) is 11.8. The van der Waals surface area contributed by atoms with Crippen molar-refractivity contribution >= 4 is 5.97 Å². The Morgan fingerprint density at radius 1 is 1.11 bits per heavy atom. The predicted octanol–water partition coefficient (Wildman–Crippen LogP) is -2.51. The number of rotatable bonds is 11. The lowest BCUT2D eigenvalue weighted by atomic mass is 9.97. The summed E-state index contributed by atoms with van der Waals surface area (Å²) in [7, 11) is 0. The highest BCUT2D eigenvalue weighted by Gasteiger charge is 2.59. The fourth-order valence-corrected chi connectivity index (χ4v) is 4.24. The molecule has 0 amide bonds. The minimum atomic E-state index is -2.83. The molecule has 216 valence electrons. The van der Waals surface area contributed by atoms with Crippen LogP contribution >= 0.6 is 0 Å². The quantitative estimate of drug-likeness (QED) is 0.0775. The zero-order chi connectivity index (χ0) is 28.4. The number of aliphatic hydroxyl groups excluding tert-OH is 5. The maximum absolute atomic E-state index is 11.8. The Bertz CT molecular complexity index is 988. The molecule has 0 saturated carbocycles. The summed E-state index contributed by atoms with van der Waals surface area (Å²) in [6.45, 7) is -0.571. The number of aliphatic hydroxyl groups is 7. The number of carbonyl (C=O) groups is 1. The van der Waals surface area contributed by atoms with Crippen molar-refractivity contribution in [2.45, 2.75) is 81.0 Å². The third kappa shape index (κ3) is 5.81. The van der Waals surface area contributed by atoms with Crippen molar-refractivity contribution in [1.29, 1.82) is 0 Å². The van der Waals surface area contributed by atoms with E-state index in [1.165, 1.54) is 0 Å². The average molecular weight is 551 g/mol. The maximum atomic E-state index is 11.8. The van der Waals surface area contributed by atoms with E-state index in [0.717, 1.165) is 12.5 Å². The number of phenolic OH excluding ortho intramolecular Hbond substituents is 2. The van der Waals surface area contributed by atoms with Crippen molar-refractivity contribution in [3.8, 4) is 17.2 Å². The number of hydrogen-bond donors (Lipinski definition) is 10. The number of phenols is 2. The lowest BCUT2D eigenvalue weighted by Crippen LogP contribution is -2.61. The molecule has 2 fully saturated rings. The van der Waals surface area contributed by atoms with E-state index in [1.807, 2.05) is 6.92 Å². The topological polar surface area (TPSA) is 256 Å². The molecule has 0 unspecified atom stereocenters. The number of benzene rings is 1.